The van der Waals surface area contributed by atoms with Crippen LogP contribution in [0.5, 0.6) is 0 Å². The number of carbonyl (C=O) groups is 2. The number of piperidine rings is 2. The van der Waals surface area contributed by atoms with Crippen molar-refractivity contribution in [1.82, 2.24) is 9.80 Å². The summed E-state index contributed by atoms with van der Waals surface area (Å²) < 4.78 is 10.2. The molecule has 0 aromatic rings. The van der Waals surface area contributed by atoms with Gasteiger partial charge in [0.1, 0.15) is 11.2 Å². The van der Waals surface area contributed by atoms with Crippen LogP contribution in [0.1, 0.15) is 67.2 Å². The highest BCUT2D eigenvalue weighted by Crippen LogP contribution is 2.51. The molecule has 0 saturated carbocycles. The highest BCUT2D eigenvalue weighted by Gasteiger charge is 2.43. The maximum Gasteiger partial charge on any atom is 0.410 e. The van der Waals surface area contributed by atoms with E-state index in [0.29, 0.717) is 51.9 Å². The summed E-state index contributed by atoms with van der Waals surface area (Å²) in [6.45, 7) is 13.2. The van der Waals surface area contributed by atoms with Crippen LogP contribution in [0, 0.1) is 0 Å². The summed E-state index contributed by atoms with van der Waals surface area (Å²) in [5, 5.41) is 20.3. The van der Waals surface area contributed by atoms with Crippen LogP contribution < -0.4 is 0 Å². The van der Waals surface area contributed by atoms with Crippen molar-refractivity contribution >= 4 is 33.8 Å². The fraction of sp³-hybridized carbons (Fsp3) is 0.909. The van der Waals surface area contributed by atoms with E-state index >= 15 is 0 Å². The number of ether oxygens (including phenoxy) is 2. The van der Waals surface area contributed by atoms with E-state index < -0.39 is 11.2 Å². The number of rotatable bonds is 5. The van der Waals surface area contributed by atoms with Crippen LogP contribution in [0.15, 0.2) is 0 Å². The van der Waals surface area contributed by atoms with Gasteiger partial charge in [-0.1, -0.05) is 21.6 Å². The molecule has 0 aromatic heterocycles. The predicted octanol–water partition coefficient (Wildman–Crippen LogP) is 3.89. The molecule has 2 N–H and O–H groups in total. The molecule has 0 bridgehead atoms. The van der Waals surface area contributed by atoms with Crippen molar-refractivity contribution in [2.45, 2.75) is 87.9 Å². The maximum atomic E-state index is 12.3. The first-order chi connectivity index (χ1) is 14.7. The quantitative estimate of drug-likeness (QED) is 0.558. The van der Waals surface area contributed by atoms with Crippen LogP contribution in [0.2, 0.25) is 0 Å². The van der Waals surface area contributed by atoms with Gasteiger partial charge < -0.3 is 29.5 Å². The summed E-state index contributed by atoms with van der Waals surface area (Å²) in [6.07, 6.45) is 2.00. The number of carbonyl (C=O) groups excluding carboxylic acids is 2. The number of aliphatic hydroxyl groups is 2. The number of aliphatic hydroxyl groups excluding tert-OH is 2. The summed E-state index contributed by atoms with van der Waals surface area (Å²) in [5.41, 5.74) is -1.07. The Bertz CT molecular complexity index is 590. The van der Waals surface area contributed by atoms with Crippen molar-refractivity contribution in [2.75, 3.05) is 39.4 Å². The summed E-state index contributed by atoms with van der Waals surface area (Å²) in [4.78, 5) is 28.1. The lowest BCUT2D eigenvalue weighted by Crippen LogP contribution is -2.49. The first kappa shape index (κ1) is 27.4. The monoisotopic (exact) mass is 492 g/mol. The first-order valence-electron chi connectivity index (χ1n) is 11.3. The molecule has 0 radical (unpaired) electrons. The molecular formula is C22H40N2O6S2. The van der Waals surface area contributed by atoms with Crippen molar-refractivity contribution in [3.63, 3.8) is 0 Å². The largest absolute Gasteiger partial charge is 0.444 e. The molecule has 0 unspecified atom stereocenters. The molecule has 0 spiro atoms. The van der Waals surface area contributed by atoms with E-state index in [-0.39, 0.29) is 34.9 Å². The Balaban J connectivity index is 1.89. The van der Waals surface area contributed by atoms with Crippen LogP contribution in [-0.2, 0) is 9.47 Å². The molecule has 2 amide bonds. The van der Waals surface area contributed by atoms with E-state index in [9.17, 15) is 19.8 Å². The van der Waals surface area contributed by atoms with Crippen molar-refractivity contribution in [1.29, 1.82) is 0 Å². The second-order valence-corrected chi connectivity index (χ2v) is 13.8. The third-order valence-corrected chi connectivity index (χ3v) is 9.86. The predicted molar refractivity (Wildman–Crippen MR) is 129 cm³/mol. The maximum absolute atomic E-state index is 12.3. The van der Waals surface area contributed by atoms with Crippen LogP contribution >= 0.6 is 21.6 Å². The van der Waals surface area contributed by atoms with Gasteiger partial charge in [-0.3, -0.25) is 0 Å². The van der Waals surface area contributed by atoms with Gasteiger partial charge in [-0.05, 0) is 67.2 Å². The second kappa shape index (κ2) is 10.6. The van der Waals surface area contributed by atoms with Gasteiger partial charge >= 0.3 is 12.2 Å². The zero-order chi connectivity index (χ0) is 24.2. The lowest BCUT2D eigenvalue weighted by molar-refractivity contribution is 0.0168. The number of hydrogen-bond acceptors (Lipinski definition) is 8. The van der Waals surface area contributed by atoms with E-state index in [1.54, 1.807) is 31.4 Å². The van der Waals surface area contributed by atoms with E-state index in [4.69, 9.17) is 9.47 Å². The van der Waals surface area contributed by atoms with Crippen molar-refractivity contribution in [3.05, 3.63) is 0 Å². The highest BCUT2D eigenvalue weighted by molar-refractivity contribution is 8.77. The van der Waals surface area contributed by atoms with Crippen LogP contribution in [0.4, 0.5) is 9.59 Å². The molecule has 2 saturated heterocycles. The molecule has 2 aliphatic heterocycles. The van der Waals surface area contributed by atoms with E-state index in [0.717, 1.165) is 0 Å². The molecule has 186 valence electrons. The van der Waals surface area contributed by atoms with Gasteiger partial charge in [-0.25, -0.2) is 9.59 Å². The van der Waals surface area contributed by atoms with Gasteiger partial charge in [0.05, 0.1) is 22.7 Å². The van der Waals surface area contributed by atoms with Gasteiger partial charge in [0.2, 0.25) is 0 Å². The Morgan fingerprint density at radius 2 is 1.00 bits per heavy atom. The molecule has 10 heteroatoms. The number of hydrogen-bond donors (Lipinski definition) is 2. The van der Waals surface area contributed by atoms with E-state index in [1.165, 1.54) is 0 Å². The van der Waals surface area contributed by atoms with Crippen molar-refractivity contribution in [3.8, 4) is 0 Å². The average Bonchev–Trinajstić information content (AvgIpc) is 2.70. The Morgan fingerprint density at radius 3 is 1.22 bits per heavy atom. The normalized spacial score (nSPS) is 21.2. The molecule has 0 aromatic carbocycles. The van der Waals surface area contributed by atoms with Crippen LogP contribution in [-0.4, -0.2) is 92.3 Å². The zero-order valence-corrected chi connectivity index (χ0v) is 21.9. The summed E-state index contributed by atoms with van der Waals surface area (Å²) >= 11 is 0. The molecule has 8 nitrogen and oxygen atoms in total. The molecule has 2 aliphatic rings. The third-order valence-electron chi connectivity index (χ3n) is 5.62. The van der Waals surface area contributed by atoms with Gasteiger partial charge in [0.25, 0.3) is 0 Å². The van der Waals surface area contributed by atoms with Gasteiger partial charge in [-0.15, -0.1) is 0 Å². The smallest absolute Gasteiger partial charge is 0.410 e. The minimum absolute atomic E-state index is 0.0123. The number of amides is 2. The number of likely N-dealkylation sites (tertiary alicyclic amines) is 2. The molecule has 32 heavy (non-hydrogen) atoms. The topological polar surface area (TPSA) is 99.5 Å². The standard InChI is InChI=1S/C22H40N2O6S2/c1-19(2,3)29-17(27)23-11-7-21(15-25,8-12-23)31-32-22(16-26)9-13-24(14-10-22)18(28)30-20(4,5)6/h25-26H,7-16H2,1-6H3. The fourth-order valence-corrected chi connectivity index (χ4v) is 7.09. The van der Waals surface area contributed by atoms with Gasteiger partial charge in [0, 0.05) is 26.2 Å². The van der Waals surface area contributed by atoms with Crippen molar-refractivity contribution < 1.29 is 29.3 Å². The molecule has 2 fully saturated rings. The lowest BCUT2D eigenvalue weighted by Gasteiger charge is -2.44. The molecule has 2 rings (SSSR count). The molecule has 0 atom stereocenters. The van der Waals surface area contributed by atoms with Gasteiger partial charge in [-0.2, -0.15) is 0 Å². The minimum Gasteiger partial charge on any atom is -0.444 e. The second-order valence-electron chi connectivity index (χ2n) is 10.8. The van der Waals surface area contributed by atoms with E-state index in [1.807, 2.05) is 41.5 Å². The zero-order valence-electron chi connectivity index (χ0n) is 20.3. The van der Waals surface area contributed by atoms with Crippen LogP contribution in [0.25, 0.3) is 0 Å². The average molecular weight is 493 g/mol. The van der Waals surface area contributed by atoms with Crippen molar-refractivity contribution in [2.24, 2.45) is 0 Å². The lowest BCUT2D eigenvalue weighted by atomic mass is 9.97. The fourth-order valence-electron chi connectivity index (χ4n) is 3.56. The summed E-state index contributed by atoms with van der Waals surface area (Å²) in [6, 6.07) is 0. The third kappa shape index (κ3) is 7.88. The minimum atomic E-state index is -0.533. The highest BCUT2D eigenvalue weighted by atomic mass is 33.1. The summed E-state index contributed by atoms with van der Waals surface area (Å²) in [7, 11) is 3.23. The van der Waals surface area contributed by atoms with E-state index in [2.05, 4.69) is 0 Å². The Hall–Kier alpha value is -0.840. The first-order valence-corrected chi connectivity index (χ1v) is 13.4. The number of nitrogens with zero attached hydrogens (tertiary/aromatic N) is 2. The molecular weight excluding hydrogens is 452 g/mol. The molecule has 2 heterocycles. The SMILES string of the molecule is CC(C)(C)OC(=O)N1CCC(CO)(SSC2(CO)CCN(C(=O)OC(C)(C)C)CC2)CC1. The Labute approximate surface area is 200 Å². The summed E-state index contributed by atoms with van der Waals surface area (Å²) in [5.74, 6) is 0. The Kier molecular flexibility index (Phi) is 9.09. The Morgan fingerprint density at radius 1 is 0.719 bits per heavy atom. The molecule has 0 aliphatic carbocycles. The van der Waals surface area contributed by atoms with Crippen LogP contribution in [0.3, 0.4) is 0 Å². The van der Waals surface area contributed by atoms with Gasteiger partial charge in [0.15, 0.2) is 0 Å².